The number of benzene rings is 1. The lowest BCUT2D eigenvalue weighted by Crippen LogP contribution is -2.23. The average molecular weight is 309 g/mol. The van der Waals surface area contributed by atoms with Crippen LogP contribution >= 0.6 is 15.9 Å². The Balaban J connectivity index is 2.03. The Morgan fingerprint density at radius 1 is 1.33 bits per heavy atom. The predicted octanol–water partition coefficient (Wildman–Crippen LogP) is 2.91. The van der Waals surface area contributed by atoms with Gasteiger partial charge < -0.3 is 5.32 Å². The van der Waals surface area contributed by atoms with Crippen LogP contribution in [0.1, 0.15) is 15.9 Å². The Kier molecular flexibility index (Phi) is 4.04. The van der Waals surface area contributed by atoms with E-state index in [0.717, 1.165) is 0 Å². The van der Waals surface area contributed by atoms with Crippen LogP contribution in [-0.2, 0) is 6.54 Å². The van der Waals surface area contributed by atoms with Crippen molar-refractivity contribution in [1.82, 2.24) is 10.3 Å². The first-order valence-corrected chi connectivity index (χ1v) is 6.09. The van der Waals surface area contributed by atoms with Crippen molar-refractivity contribution >= 4 is 21.8 Å². The second kappa shape index (κ2) is 5.73. The molecule has 1 amide bonds. The number of amides is 1. The highest BCUT2D eigenvalue weighted by atomic mass is 79.9. The second-order valence-electron chi connectivity index (χ2n) is 3.65. The summed E-state index contributed by atoms with van der Waals surface area (Å²) >= 11 is 3.20. The van der Waals surface area contributed by atoms with E-state index in [-0.39, 0.29) is 18.3 Å². The zero-order valence-electron chi connectivity index (χ0n) is 9.36. The van der Waals surface area contributed by atoms with E-state index in [2.05, 4.69) is 26.2 Å². The number of aromatic nitrogens is 1. The third-order valence-corrected chi connectivity index (χ3v) is 2.98. The number of carbonyl (C=O) groups is 1. The third kappa shape index (κ3) is 3.13. The summed E-state index contributed by atoms with van der Waals surface area (Å²) in [6.07, 6.45) is 1.59. The van der Waals surface area contributed by atoms with Crippen LogP contribution in [0.2, 0.25) is 0 Å². The van der Waals surface area contributed by atoms with Crippen LogP contribution in [-0.4, -0.2) is 10.9 Å². The fraction of sp³-hybridized carbons (Fsp3) is 0.0769. The molecule has 0 saturated heterocycles. The Morgan fingerprint density at radius 3 is 2.89 bits per heavy atom. The third-order valence-electron chi connectivity index (χ3n) is 2.35. The van der Waals surface area contributed by atoms with Crippen molar-refractivity contribution in [2.45, 2.75) is 6.54 Å². The first-order chi connectivity index (χ1) is 8.66. The molecule has 18 heavy (non-hydrogen) atoms. The fourth-order valence-corrected chi connectivity index (χ4v) is 1.91. The quantitative estimate of drug-likeness (QED) is 0.886. The molecule has 0 unspecified atom stereocenters. The molecule has 0 spiro atoms. The monoisotopic (exact) mass is 308 g/mol. The molecule has 5 heteroatoms. The zero-order chi connectivity index (χ0) is 13.0. The number of pyridine rings is 1. The van der Waals surface area contributed by atoms with Gasteiger partial charge in [-0.2, -0.15) is 0 Å². The molecule has 0 fully saturated rings. The summed E-state index contributed by atoms with van der Waals surface area (Å²) in [5.74, 6) is -0.566. The van der Waals surface area contributed by atoms with Gasteiger partial charge in [-0.15, -0.1) is 0 Å². The van der Waals surface area contributed by atoms with Crippen LogP contribution in [0, 0.1) is 5.82 Å². The topological polar surface area (TPSA) is 42.0 Å². The van der Waals surface area contributed by atoms with Gasteiger partial charge in [0.1, 0.15) is 10.4 Å². The summed E-state index contributed by atoms with van der Waals surface area (Å²) in [5.41, 5.74) is 1.16. The summed E-state index contributed by atoms with van der Waals surface area (Å²) in [7, 11) is 0. The number of rotatable bonds is 3. The number of hydrogen-bond acceptors (Lipinski definition) is 2. The maximum Gasteiger partial charge on any atom is 0.254 e. The zero-order valence-corrected chi connectivity index (χ0v) is 10.9. The number of nitrogens with one attached hydrogen (secondary N) is 1. The molecule has 2 aromatic rings. The molecule has 0 bridgehead atoms. The van der Waals surface area contributed by atoms with Gasteiger partial charge in [-0.3, -0.25) is 4.79 Å². The Hall–Kier alpha value is -1.75. The van der Waals surface area contributed by atoms with Gasteiger partial charge in [-0.1, -0.05) is 12.1 Å². The van der Waals surface area contributed by atoms with E-state index >= 15 is 0 Å². The first kappa shape index (κ1) is 12.7. The van der Waals surface area contributed by atoms with Crippen LogP contribution in [0.25, 0.3) is 0 Å². The van der Waals surface area contributed by atoms with Crippen LogP contribution in [0.5, 0.6) is 0 Å². The molecule has 1 N–H and O–H groups in total. The minimum atomic E-state index is -0.315. The first-order valence-electron chi connectivity index (χ1n) is 5.30. The molecule has 3 nitrogen and oxygen atoms in total. The van der Waals surface area contributed by atoms with Gasteiger partial charge in [0.15, 0.2) is 0 Å². The molecule has 92 valence electrons. The van der Waals surface area contributed by atoms with Gasteiger partial charge in [0.25, 0.3) is 5.91 Å². The van der Waals surface area contributed by atoms with Gasteiger partial charge in [0.05, 0.1) is 5.56 Å². The van der Waals surface area contributed by atoms with Crippen molar-refractivity contribution < 1.29 is 9.18 Å². The van der Waals surface area contributed by atoms with Crippen molar-refractivity contribution in [3.8, 4) is 0 Å². The molecular weight excluding hydrogens is 299 g/mol. The van der Waals surface area contributed by atoms with E-state index < -0.39 is 0 Å². The molecule has 1 aromatic carbocycles. The van der Waals surface area contributed by atoms with E-state index in [0.29, 0.717) is 15.7 Å². The van der Waals surface area contributed by atoms with E-state index in [1.165, 1.54) is 12.1 Å². The molecular formula is C13H10BrFN2O. The van der Waals surface area contributed by atoms with Crippen LogP contribution < -0.4 is 5.32 Å². The Bertz CT molecular complexity index is 574. The van der Waals surface area contributed by atoms with Crippen LogP contribution in [0.3, 0.4) is 0 Å². The van der Waals surface area contributed by atoms with E-state index in [1.807, 2.05) is 0 Å². The summed E-state index contributed by atoms with van der Waals surface area (Å²) in [6.45, 7) is 0.276. The van der Waals surface area contributed by atoms with E-state index in [9.17, 15) is 9.18 Å². The predicted molar refractivity (Wildman–Crippen MR) is 69.5 cm³/mol. The molecule has 1 heterocycles. The summed E-state index contributed by atoms with van der Waals surface area (Å²) in [6, 6.07) is 9.46. The highest BCUT2D eigenvalue weighted by molar-refractivity contribution is 9.10. The van der Waals surface area contributed by atoms with Crippen molar-refractivity contribution in [3.05, 3.63) is 64.1 Å². The van der Waals surface area contributed by atoms with E-state index in [4.69, 9.17) is 0 Å². The number of halogens is 2. The molecule has 2 rings (SSSR count). The molecule has 0 saturated carbocycles. The molecule has 0 aliphatic rings. The van der Waals surface area contributed by atoms with Crippen molar-refractivity contribution in [2.75, 3.05) is 0 Å². The summed E-state index contributed by atoms with van der Waals surface area (Å²) in [5, 5.41) is 2.71. The van der Waals surface area contributed by atoms with E-state index in [1.54, 1.807) is 30.5 Å². The van der Waals surface area contributed by atoms with Gasteiger partial charge in [0.2, 0.25) is 0 Å². The highest BCUT2D eigenvalue weighted by Crippen LogP contribution is 2.12. The average Bonchev–Trinajstić information content (AvgIpc) is 2.37. The Labute approximate surface area is 112 Å². The molecule has 1 aromatic heterocycles. The minimum Gasteiger partial charge on any atom is -0.348 e. The van der Waals surface area contributed by atoms with Gasteiger partial charge >= 0.3 is 0 Å². The highest BCUT2D eigenvalue weighted by Gasteiger charge is 2.09. The fourth-order valence-electron chi connectivity index (χ4n) is 1.48. The molecule has 0 aliphatic heterocycles. The number of carbonyl (C=O) groups excluding carboxylic acids is 1. The van der Waals surface area contributed by atoms with Crippen molar-refractivity contribution in [1.29, 1.82) is 0 Å². The van der Waals surface area contributed by atoms with Crippen LogP contribution in [0.15, 0.2) is 47.2 Å². The number of nitrogens with zero attached hydrogens (tertiary/aromatic N) is 1. The normalized spacial score (nSPS) is 10.1. The molecule has 0 atom stereocenters. The summed E-state index contributed by atoms with van der Waals surface area (Å²) in [4.78, 5) is 15.8. The van der Waals surface area contributed by atoms with Crippen molar-refractivity contribution in [2.24, 2.45) is 0 Å². The SMILES string of the molecule is O=C(NCc1cccc(F)c1)c1cccnc1Br. The summed E-state index contributed by atoms with van der Waals surface area (Å²) < 4.78 is 13.4. The van der Waals surface area contributed by atoms with Gasteiger partial charge in [-0.05, 0) is 45.8 Å². The van der Waals surface area contributed by atoms with Crippen molar-refractivity contribution in [3.63, 3.8) is 0 Å². The minimum absolute atomic E-state index is 0.251. The standard InChI is InChI=1S/C13H10BrFN2O/c14-12-11(5-2-6-16-12)13(18)17-8-9-3-1-4-10(15)7-9/h1-7H,8H2,(H,17,18). The molecule has 0 aliphatic carbocycles. The molecule has 0 radical (unpaired) electrons. The lowest BCUT2D eigenvalue weighted by atomic mass is 10.2. The van der Waals surface area contributed by atoms with Crippen LogP contribution in [0.4, 0.5) is 4.39 Å². The van der Waals surface area contributed by atoms with Gasteiger partial charge in [-0.25, -0.2) is 9.37 Å². The Morgan fingerprint density at radius 2 is 2.17 bits per heavy atom. The lowest BCUT2D eigenvalue weighted by molar-refractivity contribution is 0.0949. The smallest absolute Gasteiger partial charge is 0.254 e. The lowest BCUT2D eigenvalue weighted by Gasteiger charge is -2.06. The maximum absolute atomic E-state index is 12.9. The number of hydrogen-bond donors (Lipinski definition) is 1. The maximum atomic E-state index is 12.9. The van der Waals surface area contributed by atoms with Gasteiger partial charge in [0, 0.05) is 12.7 Å². The largest absolute Gasteiger partial charge is 0.348 e. The second-order valence-corrected chi connectivity index (χ2v) is 4.41.